The van der Waals surface area contributed by atoms with Gasteiger partial charge in [-0.1, -0.05) is 37.6 Å². The highest BCUT2D eigenvalue weighted by Gasteiger charge is 2.39. The summed E-state index contributed by atoms with van der Waals surface area (Å²) in [7, 11) is -3.61. The van der Waals surface area contributed by atoms with Crippen molar-refractivity contribution < 1.29 is 27.5 Å². The number of carboxylic acid groups (broad SMARTS) is 1. The van der Waals surface area contributed by atoms with Gasteiger partial charge in [0.05, 0.1) is 11.7 Å². The fraction of sp³-hybridized carbons (Fsp3) is 0.548. The van der Waals surface area contributed by atoms with E-state index in [1.54, 1.807) is 0 Å². The molecule has 1 N–H and O–H groups in total. The van der Waals surface area contributed by atoms with Gasteiger partial charge in [0.1, 0.15) is 11.9 Å². The molecule has 5 rings (SSSR count). The molecule has 40 heavy (non-hydrogen) atoms. The predicted molar refractivity (Wildman–Crippen MR) is 154 cm³/mol. The second-order valence-corrected chi connectivity index (χ2v) is 13.4. The Morgan fingerprint density at radius 1 is 1.15 bits per heavy atom. The van der Waals surface area contributed by atoms with E-state index in [2.05, 4.69) is 37.3 Å². The van der Waals surface area contributed by atoms with Crippen molar-refractivity contribution in [3.05, 3.63) is 57.8 Å². The quantitative estimate of drug-likeness (QED) is 0.407. The highest BCUT2D eigenvalue weighted by Crippen LogP contribution is 2.39. The van der Waals surface area contributed by atoms with Crippen molar-refractivity contribution in [1.29, 1.82) is 0 Å². The number of rotatable bonds is 11. The van der Waals surface area contributed by atoms with Crippen LogP contribution in [0.4, 0.5) is 0 Å². The number of hydrogen-bond donors (Lipinski definition) is 1. The molecule has 0 bridgehead atoms. The Balaban J connectivity index is 1.43. The first kappa shape index (κ1) is 28.8. The lowest BCUT2D eigenvalue weighted by molar-refractivity contribution is -0.155. The maximum absolute atomic E-state index is 13.1. The number of furan rings is 1. The average molecular weight is 569 g/mol. The molecule has 3 heterocycles. The van der Waals surface area contributed by atoms with Gasteiger partial charge in [-0.3, -0.25) is 4.79 Å². The molecule has 1 saturated carbocycles. The van der Waals surface area contributed by atoms with Gasteiger partial charge in [0, 0.05) is 36.1 Å². The van der Waals surface area contributed by atoms with Crippen LogP contribution in [0.25, 0.3) is 17.4 Å². The fourth-order valence-electron chi connectivity index (χ4n) is 5.86. The lowest BCUT2D eigenvalue weighted by atomic mass is 9.76. The number of carbonyl (C=O) groups is 1. The molecule has 1 aliphatic carbocycles. The molecular weight excluding hydrogens is 528 g/mol. The molecule has 2 fully saturated rings. The van der Waals surface area contributed by atoms with Crippen LogP contribution in [-0.4, -0.2) is 56.0 Å². The van der Waals surface area contributed by atoms with Crippen LogP contribution in [0.2, 0.25) is 0 Å². The van der Waals surface area contributed by atoms with Crippen LogP contribution < -0.4 is 10.8 Å². The van der Waals surface area contributed by atoms with Crippen molar-refractivity contribution >= 4 is 22.1 Å². The highest BCUT2D eigenvalue weighted by atomic mass is 32.2. The van der Waals surface area contributed by atoms with Crippen LogP contribution >= 0.6 is 0 Å². The van der Waals surface area contributed by atoms with Gasteiger partial charge < -0.3 is 14.3 Å². The van der Waals surface area contributed by atoms with Crippen LogP contribution in [0.15, 0.2) is 45.3 Å². The number of ether oxygens (including phenoxy) is 1. The minimum Gasteiger partial charge on any atom is -0.481 e. The molecule has 1 aromatic carbocycles. The van der Waals surface area contributed by atoms with Crippen LogP contribution in [0, 0.1) is 18.3 Å². The zero-order valence-corrected chi connectivity index (χ0v) is 24.5. The molecule has 1 aromatic heterocycles. The molecule has 1 saturated heterocycles. The van der Waals surface area contributed by atoms with Gasteiger partial charge in [-0.05, 0) is 81.1 Å². The van der Waals surface area contributed by atoms with E-state index in [4.69, 9.17) is 14.1 Å². The molecule has 0 spiro atoms. The van der Waals surface area contributed by atoms with E-state index in [1.807, 2.05) is 13.0 Å². The van der Waals surface area contributed by atoms with Crippen LogP contribution in [0.5, 0.6) is 0 Å². The van der Waals surface area contributed by atoms with E-state index < -0.39 is 27.6 Å². The summed E-state index contributed by atoms with van der Waals surface area (Å²) in [6.07, 6.45) is 10.3. The van der Waals surface area contributed by atoms with E-state index in [0.717, 1.165) is 46.9 Å². The lowest BCUT2D eigenvalue weighted by Crippen LogP contribution is -2.40. The molecule has 3 aliphatic rings. The first-order valence-corrected chi connectivity index (χ1v) is 16.2. The molecule has 9 heteroatoms. The summed E-state index contributed by atoms with van der Waals surface area (Å²) < 4.78 is 39.3. The Hall–Kier alpha value is -2.75. The van der Waals surface area contributed by atoms with Gasteiger partial charge >= 0.3 is 5.97 Å². The zero-order valence-electron chi connectivity index (χ0n) is 23.7. The van der Waals surface area contributed by atoms with Crippen molar-refractivity contribution in [1.82, 2.24) is 4.31 Å². The Labute approximate surface area is 236 Å². The Morgan fingerprint density at radius 2 is 1.85 bits per heavy atom. The van der Waals surface area contributed by atoms with Crippen molar-refractivity contribution in [2.45, 2.75) is 71.4 Å². The molecule has 8 nitrogen and oxygen atoms in total. The smallest absolute Gasteiger partial charge is 0.309 e. The van der Waals surface area contributed by atoms with Gasteiger partial charge in [-0.15, -0.1) is 0 Å². The topological polar surface area (TPSA) is 109 Å². The lowest BCUT2D eigenvalue weighted by Gasteiger charge is -2.33. The number of hydrogen-bond acceptors (Lipinski definition) is 6. The number of nitrogens with zero attached hydrogens (tertiary/aromatic N) is 2. The summed E-state index contributed by atoms with van der Waals surface area (Å²) in [6, 6.07) is 8.32. The summed E-state index contributed by atoms with van der Waals surface area (Å²) >= 11 is 0. The SMILES string of the molecule is CCc1ccc(-c2oc3c(c2C)=CC(C2CC2)=CC(N(CCCCC2(C(=O)O)CCOCC2)S(C)(=O)=O)N=3)cc1. The maximum Gasteiger partial charge on any atom is 0.309 e. The molecule has 1 unspecified atom stereocenters. The molecule has 0 radical (unpaired) electrons. The number of sulfonamides is 1. The van der Waals surface area contributed by atoms with Gasteiger partial charge in [0.25, 0.3) is 0 Å². The van der Waals surface area contributed by atoms with Crippen LogP contribution in [0.1, 0.15) is 63.0 Å². The number of aliphatic carboxylic acids is 1. The normalized spacial score (nSPS) is 20.7. The van der Waals surface area contributed by atoms with Gasteiger partial charge in [-0.25, -0.2) is 13.4 Å². The number of fused-ring (bicyclic) bond motifs is 1. The summed E-state index contributed by atoms with van der Waals surface area (Å²) in [5, 5.41) is 10.8. The number of allylic oxidation sites excluding steroid dienone is 1. The van der Waals surface area contributed by atoms with Gasteiger partial charge in [-0.2, -0.15) is 4.31 Å². The van der Waals surface area contributed by atoms with Gasteiger partial charge in [0.2, 0.25) is 15.6 Å². The second-order valence-electron chi connectivity index (χ2n) is 11.5. The van der Waals surface area contributed by atoms with Crippen LogP contribution in [-0.2, 0) is 26.0 Å². The molecule has 216 valence electrons. The second kappa shape index (κ2) is 11.6. The maximum atomic E-state index is 13.1. The number of carboxylic acids is 1. The van der Waals surface area contributed by atoms with Crippen molar-refractivity contribution in [2.24, 2.45) is 16.3 Å². The standard InChI is InChI=1S/C31H40N2O6S/c1-4-22-7-9-24(10-8-22)28-21(2)26-19-25(23-11-12-23)20-27(32-29(26)39-28)33(40(3,36)37)16-6-5-13-31(30(34)35)14-17-38-18-15-31/h7-10,19-20,23,27H,4-6,11-18H2,1-3H3,(H,34,35). The third-order valence-corrected chi connectivity index (χ3v) is 9.91. The van der Waals surface area contributed by atoms with Crippen molar-refractivity contribution in [3.63, 3.8) is 0 Å². The van der Waals surface area contributed by atoms with E-state index in [-0.39, 0.29) is 6.54 Å². The molecule has 0 amide bonds. The molecule has 2 aliphatic heterocycles. The fourth-order valence-corrected chi connectivity index (χ4v) is 6.83. The largest absolute Gasteiger partial charge is 0.481 e. The predicted octanol–water partition coefficient (Wildman–Crippen LogP) is 4.21. The molecular formula is C31H40N2O6S. The number of benzene rings is 1. The minimum absolute atomic E-state index is 0.258. The third-order valence-electron chi connectivity index (χ3n) is 8.66. The van der Waals surface area contributed by atoms with Crippen molar-refractivity contribution in [2.75, 3.05) is 26.0 Å². The Morgan fingerprint density at radius 3 is 2.45 bits per heavy atom. The van der Waals surface area contributed by atoms with E-state index in [0.29, 0.717) is 56.8 Å². The van der Waals surface area contributed by atoms with E-state index >= 15 is 0 Å². The average Bonchev–Trinajstić information content (AvgIpc) is 3.75. The highest BCUT2D eigenvalue weighted by molar-refractivity contribution is 7.88. The number of aryl methyl sites for hydroxylation is 1. The van der Waals surface area contributed by atoms with E-state index in [9.17, 15) is 18.3 Å². The third kappa shape index (κ3) is 6.11. The van der Waals surface area contributed by atoms with E-state index in [1.165, 1.54) is 16.1 Å². The van der Waals surface area contributed by atoms with Gasteiger partial charge in [0.15, 0.2) is 0 Å². The molecule has 1 atom stereocenters. The van der Waals surface area contributed by atoms with Crippen molar-refractivity contribution in [3.8, 4) is 11.3 Å². The zero-order chi connectivity index (χ0) is 28.5. The first-order valence-electron chi connectivity index (χ1n) is 14.4. The Kier molecular flexibility index (Phi) is 8.36. The summed E-state index contributed by atoms with van der Waals surface area (Å²) in [4.78, 5) is 16.9. The Bertz CT molecular complexity index is 1500. The van der Waals surface area contributed by atoms with Crippen LogP contribution in [0.3, 0.4) is 0 Å². The summed E-state index contributed by atoms with van der Waals surface area (Å²) in [6.45, 7) is 5.31. The summed E-state index contributed by atoms with van der Waals surface area (Å²) in [5.41, 5.74) is 3.98. The monoisotopic (exact) mass is 568 g/mol. The minimum atomic E-state index is -3.61. The summed E-state index contributed by atoms with van der Waals surface area (Å²) in [5.74, 6) is 0.364. The number of unbranched alkanes of at least 4 members (excludes halogenated alkanes) is 1. The first-order chi connectivity index (χ1) is 19.1. The molecule has 2 aromatic rings.